The summed E-state index contributed by atoms with van der Waals surface area (Å²) in [5, 5.41) is 18.8. The van der Waals surface area contributed by atoms with Gasteiger partial charge in [-0.3, -0.25) is 14.4 Å². The molecule has 4 aliphatic rings. The first-order valence-electron chi connectivity index (χ1n) is 9.55. The molecule has 26 heavy (non-hydrogen) atoms. The monoisotopic (exact) mass is 358 g/mol. The number of carbonyl (C=O) groups is 3. The Morgan fingerprint density at radius 1 is 1.19 bits per heavy atom. The van der Waals surface area contributed by atoms with Gasteiger partial charge in [0, 0.05) is 23.7 Å². The van der Waals surface area contributed by atoms with Gasteiger partial charge in [0.05, 0.1) is 0 Å². The topological polar surface area (TPSA) is 91.7 Å². The number of hydrogen-bond donors (Lipinski definition) is 2. The molecule has 0 aromatic rings. The van der Waals surface area contributed by atoms with Gasteiger partial charge in [0.15, 0.2) is 11.6 Å². The fraction of sp³-hybridized carbons (Fsp3) is 0.667. The van der Waals surface area contributed by atoms with Crippen molar-refractivity contribution in [3.8, 4) is 0 Å². The summed E-state index contributed by atoms with van der Waals surface area (Å²) in [7, 11) is 0. The molecule has 0 unspecified atom stereocenters. The van der Waals surface area contributed by atoms with Crippen LogP contribution in [0.15, 0.2) is 23.8 Å². The lowest BCUT2D eigenvalue weighted by Crippen LogP contribution is -2.55. The third-order valence-electron chi connectivity index (χ3n) is 7.85. The molecule has 0 amide bonds. The molecule has 0 aliphatic heterocycles. The zero-order valence-corrected chi connectivity index (χ0v) is 15.3. The number of ketones is 3. The van der Waals surface area contributed by atoms with E-state index < -0.39 is 28.8 Å². The van der Waals surface area contributed by atoms with Gasteiger partial charge < -0.3 is 10.2 Å². The lowest BCUT2D eigenvalue weighted by Gasteiger charge is -2.55. The number of hydrogen-bond acceptors (Lipinski definition) is 5. The second-order valence-corrected chi connectivity index (χ2v) is 9.03. The molecule has 4 rings (SSSR count). The summed E-state index contributed by atoms with van der Waals surface area (Å²) in [5.41, 5.74) is 0.151. The molecule has 5 nitrogen and oxygen atoms in total. The van der Waals surface area contributed by atoms with Crippen LogP contribution in [0.3, 0.4) is 0 Å². The summed E-state index contributed by atoms with van der Waals surface area (Å²) >= 11 is 0. The van der Waals surface area contributed by atoms with Crippen molar-refractivity contribution in [2.24, 2.45) is 34.5 Å². The molecular formula is C21H26O5. The molecule has 4 aliphatic carbocycles. The first-order chi connectivity index (χ1) is 12.2. The van der Waals surface area contributed by atoms with Crippen molar-refractivity contribution >= 4 is 17.3 Å². The predicted octanol–water partition coefficient (Wildman–Crippen LogP) is 1.97. The number of Topliss-reactive ketones (excluding diaryl/α,β-unsaturated/α-hetero) is 2. The van der Waals surface area contributed by atoms with Crippen LogP contribution in [0.1, 0.15) is 46.0 Å². The van der Waals surface area contributed by atoms with Crippen LogP contribution in [-0.4, -0.2) is 33.9 Å². The molecule has 0 radical (unpaired) electrons. The highest BCUT2D eigenvalue weighted by atomic mass is 16.5. The van der Waals surface area contributed by atoms with Gasteiger partial charge >= 0.3 is 0 Å². The largest absolute Gasteiger partial charge is 0.362 e. The average Bonchev–Trinajstić information content (AvgIpc) is 2.90. The predicted molar refractivity (Wildman–Crippen MR) is 93.7 cm³/mol. The van der Waals surface area contributed by atoms with E-state index in [1.807, 2.05) is 13.0 Å². The summed E-state index contributed by atoms with van der Waals surface area (Å²) < 4.78 is 0. The van der Waals surface area contributed by atoms with E-state index in [1.54, 1.807) is 12.2 Å². The van der Waals surface area contributed by atoms with Crippen LogP contribution in [-0.2, 0) is 14.4 Å². The zero-order valence-electron chi connectivity index (χ0n) is 15.3. The van der Waals surface area contributed by atoms with E-state index in [1.165, 1.54) is 0 Å². The van der Waals surface area contributed by atoms with E-state index >= 15 is 0 Å². The van der Waals surface area contributed by atoms with Crippen LogP contribution < -0.4 is 0 Å². The molecule has 140 valence electrons. The molecule has 0 saturated heterocycles. The highest BCUT2D eigenvalue weighted by molar-refractivity contribution is 6.01. The molecule has 0 aromatic carbocycles. The van der Waals surface area contributed by atoms with Crippen molar-refractivity contribution in [2.75, 3.05) is 0 Å². The van der Waals surface area contributed by atoms with Gasteiger partial charge in [-0.2, -0.15) is 0 Å². The number of allylic oxidation sites excluding steroid dienone is 4. The minimum atomic E-state index is -1.96. The van der Waals surface area contributed by atoms with Crippen LogP contribution in [0.5, 0.6) is 0 Å². The molecular weight excluding hydrogens is 332 g/mol. The molecule has 0 spiro atoms. The molecule has 3 saturated carbocycles. The lowest BCUT2D eigenvalue weighted by molar-refractivity contribution is -0.158. The van der Waals surface area contributed by atoms with Crippen molar-refractivity contribution in [1.82, 2.24) is 0 Å². The average molecular weight is 358 g/mol. The van der Waals surface area contributed by atoms with Crippen molar-refractivity contribution < 1.29 is 24.6 Å². The van der Waals surface area contributed by atoms with Gasteiger partial charge in [-0.15, -0.1) is 0 Å². The van der Waals surface area contributed by atoms with Gasteiger partial charge in [-0.05, 0) is 55.1 Å². The van der Waals surface area contributed by atoms with E-state index in [-0.39, 0.29) is 29.3 Å². The van der Waals surface area contributed by atoms with Crippen LogP contribution in [0.2, 0.25) is 0 Å². The highest BCUT2D eigenvalue weighted by Gasteiger charge is 2.63. The number of rotatable bonds is 2. The van der Waals surface area contributed by atoms with E-state index in [9.17, 15) is 24.6 Å². The number of carbonyl (C=O) groups excluding carboxylic acids is 3. The van der Waals surface area contributed by atoms with E-state index in [4.69, 9.17) is 0 Å². The van der Waals surface area contributed by atoms with Crippen LogP contribution in [0.4, 0.5) is 0 Å². The Morgan fingerprint density at radius 3 is 2.62 bits per heavy atom. The molecule has 6 atom stereocenters. The molecule has 5 heteroatoms. The van der Waals surface area contributed by atoms with E-state index in [0.717, 1.165) is 24.8 Å². The van der Waals surface area contributed by atoms with E-state index in [0.29, 0.717) is 12.8 Å². The maximum Gasteiger partial charge on any atom is 0.213 e. The number of fused-ring (bicyclic) bond motifs is 5. The summed E-state index contributed by atoms with van der Waals surface area (Å²) in [4.78, 5) is 37.4. The van der Waals surface area contributed by atoms with Crippen molar-refractivity contribution in [3.05, 3.63) is 23.8 Å². The Morgan fingerprint density at radius 2 is 1.92 bits per heavy atom. The smallest absolute Gasteiger partial charge is 0.213 e. The van der Waals surface area contributed by atoms with Gasteiger partial charge in [-0.25, -0.2) is 0 Å². The lowest BCUT2D eigenvalue weighted by atomic mass is 9.47. The first kappa shape index (κ1) is 17.8. The number of aliphatic hydroxyl groups excluding tert-OH is 1. The summed E-state index contributed by atoms with van der Waals surface area (Å²) in [6.07, 6.45) is 6.62. The third kappa shape index (κ3) is 2.26. The minimum Gasteiger partial charge on any atom is -0.362 e. The van der Waals surface area contributed by atoms with Gasteiger partial charge in [0.2, 0.25) is 6.29 Å². The number of aliphatic hydroxyl groups is 2. The van der Waals surface area contributed by atoms with Crippen molar-refractivity contribution in [3.63, 3.8) is 0 Å². The second-order valence-electron chi connectivity index (χ2n) is 9.03. The first-order valence-corrected chi connectivity index (χ1v) is 9.55. The maximum atomic E-state index is 13.3. The standard InChI is InChI=1S/C21H26O5/c1-20-8-7-12(22)9-11(20)3-4-13-14-5-6-15(18(24)19(25)26)21(14,2)10-16(23)17(13)20/h7-9,13-15,17,19,25-26H,3-6,10H2,1-2H3/t13-,14-,15+,17+,20-,21-/m0/s1. The van der Waals surface area contributed by atoms with Crippen molar-refractivity contribution in [2.45, 2.75) is 52.2 Å². The SMILES string of the molecule is C[C@]12CC(=O)[C@H]3[C@@H](CCC4=CC(=O)C=C[C@@]43C)[C@@H]1CC[C@@H]2C(=O)C(O)O. The van der Waals surface area contributed by atoms with Crippen LogP contribution in [0, 0.1) is 34.5 Å². The summed E-state index contributed by atoms with van der Waals surface area (Å²) in [6, 6.07) is 0. The Balaban J connectivity index is 1.71. The minimum absolute atomic E-state index is 0.00696. The second kappa shape index (κ2) is 5.70. The molecule has 2 N–H and O–H groups in total. The van der Waals surface area contributed by atoms with Crippen molar-refractivity contribution in [1.29, 1.82) is 0 Å². The summed E-state index contributed by atoms with van der Waals surface area (Å²) in [5.74, 6) is -0.631. The zero-order chi connectivity index (χ0) is 18.9. The van der Waals surface area contributed by atoms with Gasteiger partial charge in [0.25, 0.3) is 0 Å². The fourth-order valence-corrected chi connectivity index (χ4v) is 6.68. The Labute approximate surface area is 153 Å². The fourth-order valence-electron chi connectivity index (χ4n) is 6.68. The Hall–Kier alpha value is -1.59. The highest BCUT2D eigenvalue weighted by Crippen LogP contribution is 2.65. The van der Waals surface area contributed by atoms with Crippen LogP contribution >= 0.6 is 0 Å². The summed E-state index contributed by atoms with van der Waals surface area (Å²) in [6.45, 7) is 4.05. The Bertz CT molecular complexity index is 748. The Kier molecular flexibility index (Phi) is 3.90. The quantitative estimate of drug-likeness (QED) is 0.737. The van der Waals surface area contributed by atoms with E-state index in [2.05, 4.69) is 6.92 Å². The molecule has 0 aromatic heterocycles. The van der Waals surface area contributed by atoms with Gasteiger partial charge in [-0.1, -0.05) is 25.5 Å². The normalized spacial score (nSPS) is 44.4. The molecule has 0 bridgehead atoms. The van der Waals surface area contributed by atoms with Crippen LogP contribution in [0.25, 0.3) is 0 Å². The van der Waals surface area contributed by atoms with Gasteiger partial charge in [0.1, 0.15) is 5.78 Å². The molecule has 3 fully saturated rings. The molecule has 0 heterocycles. The maximum absolute atomic E-state index is 13.3. The third-order valence-corrected chi connectivity index (χ3v) is 7.85.